The molecular weight excluding hydrogens is 108 g/mol. The van der Waals surface area contributed by atoms with Crippen LogP contribution in [0.1, 0.15) is 12.8 Å². The van der Waals surface area contributed by atoms with Crippen LogP contribution in [0, 0.1) is 0 Å². The van der Waals surface area contributed by atoms with E-state index in [1.165, 1.54) is 0 Å². The van der Waals surface area contributed by atoms with Crippen molar-refractivity contribution in [2.75, 3.05) is 6.61 Å². The zero-order valence-electron chi connectivity index (χ0n) is 4.58. The van der Waals surface area contributed by atoms with Crippen molar-refractivity contribution in [2.45, 2.75) is 25.2 Å². The molecule has 1 aliphatic rings. The Morgan fingerprint density at radius 1 is 1.25 bits per heavy atom. The molecule has 0 aromatic heterocycles. The van der Waals surface area contributed by atoms with Crippen LogP contribution >= 0.6 is 0 Å². The molecule has 1 fully saturated rings. The van der Waals surface area contributed by atoms with Crippen molar-refractivity contribution in [3.05, 3.63) is 0 Å². The highest BCUT2D eigenvalue weighted by Crippen LogP contribution is 2.09. The quantitative estimate of drug-likeness (QED) is 0.450. The first-order valence-corrected chi connectivity index (χ1v) is 2.77. The highest BCUT2D eigenvalue weighted by Gasteiger charge is 2.16. The average Bonchev–Trinajstić information content (AvgIpc) is 1.77. The summed E-state index contributed by atoms with van der Waals surface area (Å²) < 4.78 is 4.70. The van der Waals surface area contributed by atoms with Crippen LogP contribution in [0.3, 0.4) is 0 Å². The molecule has 0 spiro atoms. The zero-order valence-corrected chi connectivity index (χ0v) is 4.58. The Labute approximate surface area is 47.9 Å². The van der Waals surface area contributed by atoms with Gasteiger partial charge >= 0.3 is 0 Å². The third-order valence-electron chi connectivity index (χ3n) is 1.23. The fourth-order valence-corrected chi connectivity index (χ4v) is 0.724. The van der Waals surface area contributed by atoms with E-state index in [9.17, 15) is 0 Å². The number of hydrogen-bond acceptors (Lipinski definition) is 3. The Bertz CT molecular complexity index is 56.1. The van der Waals surface area contributed by atoms with Gasteiger partial charge < -0.3 is 14.9 Å². The molecule has 0 unspecified atom stereocenters. The molecule has 0 aliphatic carbocycles. The second-order valence-electron chi connectivity index (χ2n) is 2.02. The number of aliphatic hydroxyl groups excluding tert-OH is 2. The standard InChI is InChI=1S/C5H10O3/c6-4-1-2-5(7)8-3-4/h4-7H,1-3H2/t4-,5-/m1/s1. The van der Waals surface area contributed by atoms with E-state index in [1.54, 1.807) is 0 Å². The van der Waals surface area contributed by atoms with Gasteiger partial charge in [0.1, 0.15) is 0 Å². The minimum absolute atomic E-state index is 0.279. The predicted octanol–water partition coefficient (Wildman–Crippen LogP) is -0.524. The topological polar surface area (TPSA) is 49.7 Å². The molecule has 0 aromatic carbocycles. The van der Waals surface area contributed by atoms with Gasteiger partial charge in [0, 0.05) is 6.42 Å². The molecule has 48 valence electrons. The molecule has 8 heavy (non-hydrogen) atoms. The highest BCUT2D eigenvalue weighted by molar-refractivity contribution is 4.60. The summed E-state index contributed by atoms with van der Waals surface area (Å²) in [6, 6.07) is 0. The van der Waals surface area contributed by atoms with Crippen LogP contribution in [-0.2, 0) is 4.74 Å². The molecular formula is C5H10O3. The molecule has 2 N–H and O–H groups in total. The first-order valence-electron chi connectivity index (χ1n) is 2.77. The van der Waals surface area contributed by atoms with Gasteiger partial charge in [-0.3, -0.25) is 0 Å². The van der Waals surface area contributed by atoms with Crippen molar-refractivity contribution >= 4 is 0 Å². The molecule has 0 amide bonds. The summed E-state index contributed by atoms with van der Waals surface area (Å²) in [4.78, 5) is 0. The van der Waals surface area contributed by atoms with Gasteiger partial charge in [0.15, 0.2) is 6.29 Å². The first kappa shape index (κ1) is 6.01. The van der Waals surface area contributed by atoms with Crippen molar-refractivity contribution in [1.29, 1.82) is 0 Å². The maximum absolute atomic E-state index is 8.79. The van der Waals surface area contributed by atoms with Gasteiger partial charge in [-0.1, -0.05) is 0 Å². The van der Waals surface area contributed by atoms with Gasteiger partial charge in [-0.15, -0.1) is 0 Å². The lowest BCUT2D eigenvalue weighted by Gasteiger charge is -2.21. The van der Waals surface area contributed by atoms with E-state index in [-0.39, 0.29) is 12.7 Å². The molecule has 0 radical (unpaired) electrons. The van der Waals surface area contributed by atoms with Crippen molar-refractivity contribution in [2.24, 2.45) is 0 Å². The molecule has 1 rings (SSSR count). The molecule has 0 bridgehead atoms. The summed E-state index contributed by atoms with van der Waals surface area (Å²) in [7, 11) is 0. The van der Waals surface area contributed by atoms with Crippen molar-refractivity contribution in [3.63, 3.8) is 0 Å². The van der Waals surface area contributed by atoms with Gasteiger partial charge in [-0.2, -0.15) is 0 Å². The molecule has 0 aromatic rings. The summed E-state index contributed by atoms with van der Waals surface area (Å²) >= 11 is 0. The van der Waals surface area contributed by atoms with E-state index in [4.69, 9.17) is 14.9 Å². The zero-order chi connectivity index (χ0) is 5.98. The van der Waals surface area contributed by atoms with Gasteiger partial charge in [0.2, 0.25) is 0 Å². The summed E-state index contributed by atoms with van der Waals surface area (Å²) in [6.45, 7) is 0.279. The van der Waals surface area contributed by atoms with Crippen LogP contribution < -0.4 is 0 Å². The van der Waals surface area contributed by atoms with Gasteiger partial charge in [0.05, 0.1) is 12.7 Å². The lowest BCUT2D eigenvalue weighted by Crippen LogP contribution is -2.28. The monoisotopic (exact) mass is 118 g/mol. The molecule has 1 saturated heterocycles. The van der Waals surface area contributed by atoms with Gasteiger partial charge in [0.25, 0.3) is 0 Å². The van der Waals surface area contributed by atoms with Crippen LogP contribution in [0.2, 0.25) is 0 Å². The van der Waals surface area contributed by atoms with Gasteiger partial charge in [-0.05, 0) is 6.42 Å². The maximum Gasteiger partial charge on any atom is 0.154 e. The first-order chi connectivity index (χ1) is 3.79. The van der Waals surface area contributed by atoms with E-state index < -0.39 is 6.29 Å². The lowest BCUT2D eigenvalue weighted by atomic mass is 10.2. The third kappa shape index (κ3) is 1.43. The van der Waals surface area contributed by atoms with E-state index in [0.717, 1.165) is 0 Å². The molecule has 1 aliphatic heterocycles. The van der Waals surface area contributed by atoms with E-state index >= 15 is 0 Å². The summed E-state index contributed by atoms with van der Waals surface area (Å²) in [5.41, 5.74) is 0. The second-order valence-corrected chi connectivity index (χ2v) is 2.02. The van der Waals surface area contributed by atoms with E-state index in [0.29, 0.717) is 12.8 Å². The number of hydrogen-bond donors (Lipinski definition) is 2. The van der Waals surface area contributed by atoms with Crippen LogP contribution in [0.5, 0.6) is 0 Å². The number of aliphatic hydroxyl groups is 2. The summed E-state index contributed by atoms with van der Waals surface area (Å²) in [5, 5.41) is 17.5. The smallest absolute Gasteiger partial charge is 0.154 e. The molecule has 3 heteroatoms. The summed E-state index contributed by atoms with van der Waals surface area (Å²) in [6.07, 6.45) is 0.208. The maximum atomic E-state index is 8.79. The number of ether oxygens (including phenoxy) is 1. The van der Waals surface area contributed by atoms with Crippen LogP contribution in [0.4, 0.5) is 0 Å². The third-order valence-corrected chi connectivity index (χ3v) is 1.23. The predicted molar refractivity (Wildman–Crippen MR) is 27.2 cm³/mol. The fourth-order valence-electron chi connectivity index (χ4n) is 0.724. The largest absolute Gasteiger partial charge is 0.391 e. The van der Waals surface area contributed by atoms with Crippen LogP contribution in [0.15, 0.2) is 0 Å². The highest BCUT2D eigenvalue weighted by atomic mass is 16.6. The minimum atomic E-state index is -0.640. The number of rotatable bonds is 0. The fraction of sp³-hybridized carbons (Fsp3) is 1.00. The van der Waals surface area contributed by atoms with Gasteiger partial charge in [-0.25, -0.2) is 0 Å². The molecule has 0 saturated carbocycles. The Morgan fingerprint density at radius 2 is 2.00 bits per heavy atom. The van der Waals surface area contributed by atoms with Crippen molar-refractivity contribution in [3.8, 4) is 0 Å². The van der Waals surface area contributed by atoms with Crippen LogP contribution in [0.25, 0.3) is 0 Å². The van der Waals surface area contributed by atoms with Crippen molar-refractivity contribution < 1.29 is 14.9 Å². The van der Waals surface area contributed by atoms with Crippen molar-refractivity contribution in [1.82, 2.24) is 0 Å². The Kier molecular flexibility index (Phi) is 1.83. The molecule has 2 atom stereocenters. The molecule has 3 nitrogen and oxygen atoms in total. The second kappa shape index (κ2) is 2.44. The molecule has 1 heterocycles. The summed E-state index contributed by atoms with van der Waals surface area (Å²) in [5.74, 6) is 0. The van der Waals surface area contributed by atoms with Crippen LogP contribution in [-0.4, -0.2) is 29.2 Å². The lowest BCUT2D eigenvalue weighted by molar-refractivity contribution is -0.155. The van der Waals surface area contributed by atoms with E-state index in [1.807, 2.05) is 0 Å². The normalized spacial score (nSPS) is 39.8. The Hall–Kier alpha value is -0.120. The minimum Gasteiger partial charge on any atom is -0.391 e. The van der Waals surface area contributed by atoms with E-state index in [2.05, 4.69) is 0 Å². The Morgan fingerprint density at radius 3 is 2.38 bits per heavy atom. The Balaban J connectivity index is 2.19. The average molecular weight is 118 g/mol. The SMILES string of the molecule is O[C@@H]1CC[C@H](O)OC1.